The van der Waals surface area contributed by atoms with Gasteiger partial charge in [0.15, 0.2) is 11.6 Å². The number of hydrogen-bond donors (Lipinski definition) is 0. The quantitative estimate of drug-likeness (QED) is 0.538. The van der Waals surface area contributed by atoms with Crippen molar-refractivity contribution in [2.24, 2.45) is 5.92 Å². The summed E-state index contributed by atoms with van der Waals surface area (Å²) in [5.74, 6) is -1.96. The van der Waals surface area contributed by atoms with Gasteiger partial charge in [-0.3, -0.25) is 4.79 Å². The fourth-order valence-electron chi connectivity index (χ4n) is 1.49. The molecule has 1 fully saturated rings. The Bertz CT molecular complexity index is 374. The summed E-state index contributed by atoms with van der Waals surface area (Å²) < 4.78 is 25.8. The van der Waals surface area contributed by atoms with Gasteiger partial charge in [0.05, 0.1) is 11.8 Å². The van der Waals surface area contributed by atoms with Crippen LogP contribution in [0.15, 0.2) is 12.3 Å². The number of carbonyl (C=O) groups is 1. The molecule has 1 saturated carbocycles. The molecule has 0 unspecified atom stereocenters. The van der Waals surface area contributed by atoms with Gasteiger partial charge in [-0.2, -0.15) is 4.39 Å². The van der Waals surface area contributed by atoms with Gasteiger partial charge in [-0.05, 0) is 12.8 Å². The molecule has 4 heteroatoms. The molecule has 0 radical (unpaired) electrons. The van der Waals surface area contributed by atoms with Crippen molar-refractivity contribution < 1.29 is 13.6 Å². The van der Waals surface area contributed by atoms with Crippen LogP contribution in [0.25, 0.3) is 0 Å². The van der Waals surface area contributed by atoms with Crippen LogP contribution in [0.4, 0.5) is 8.78 Å². The largest absolute Gasteiger partial charge is 0.294 e. The van der Waals surface area contributed by atoms with E-state index in [-0.39, 0.29) is 17.3 Å². The standard InChI is InChI=1S/C10H9F2NO/c11-8-5-13-9(12)4-7(8)10(14)6-2-1-3-6/h4-6H,1-3H2. The van der Waals surface area contributed by atoms with Crippen LogP contribution in [0.5, 0.6) is 0 Å². The monoisotopic (exact) mass is 197 g/mol. The molecule has 1 aromatic heterocycles. The van der Waals surface area contributed by atoms with Crippen LogP contribution in [-0.4, -0.2) is 10.8 Å². The van der Waals surface area contributed by atoms with Gasteiger partial charge in [-0.15, -0.1) is 0 Å². The molecule has 0 aliphatic heterocycles. The molecule has 14 heavy (non-hydrogen) atoms. The molecule has 1 aliphatic carbocycles. The molecule has 0 N–H and O–H groups in total. The van der Waals surface area contributed by atoms with E-state index in [0.29, 0.717) is 0 Å². The molecule has 0 spiro atoms. The maximum Gasteiger partial charge on any atom is 0.213 e. The lowest BCUT2D eigenvalue weighted by Gasteiger charge is -2.23. The lowest BCUT2D eigenvalue weighted by Crippen LogP contribution is -2.23. The second-order valence-corrected chi connectivity index (χ2v) is 3.48. The van der Waals surface area contributed by atoms with E-state index in [0.717, 1.165) is 31.5 Å². The molecule has 1 aliphatic rings. The molecule has 74 valence electrons. The third-order valence-corrected chi connectivity index (χ3v) is 2.56. The maximum absolute atomic E-state index is 13.1. The Hall–Kier alpha value is -1.32. The van der Waals surface area contributed by atoms with Gasteiger partial charge in [0.1, 0.15) is 0 Å². The van der Waals surface area contributed by atoms with Gasteiger partial charge in [-0.25, -0.2) is 9.37 Å². The van der Waals surface area contributed by atoms with Gasteiger partial charge in [0.2, 0.25) is 5.95 Å². The zero-order valence-electron chi connectivity index (χ0n) is 7.46. The molecule has 0 aromatic carbocycles. The van der Waals surface area contributed by atoms with Gasteiger partial charge < -0.3 is 0 Å². The number of halogens is 2. The van der Waals surface area contributed by atoms with Crippen molar-refractivity contribution in [1.29, 1.82) is 0 Å². The molecule has 2 rings (SSSR count). The molecular formula is C10H9F2NO. The van der Waals surface area contributed by atoms with Gasteiger partial charge >= 0.3 is 0 Å². The molecule has 1 aromatic rings. The lowest BCUT2D eigenvalue weighted by atomic mass is 9.80. The zero-order valence-corrected chi connectivity index (χ0v) is 7.46. The fraction of sp³-hybridized carbons (Fsp3) is 0.400. The maximum atomic E-state index is 13.1. The second-order valence-electron chi connectivity index (χ2n) is 3.48. The van der Waals surface area contributed by atoms with E-state index in [1.54, 1.807) is 0 Å². The predicted octanol–water partition coefficient (Wildman–Crippen LogP) is 2.34. The predicted molar refractivity (Wildman–Crippen MR) is 45.8 cm³/mol. The Morgan fingerprint density at radius 3 is 2.71 bits per heavy atom. The minimum absolute atomic E-state index is 0.119. The number of carbonyl (C=O) groups excluding carboxylic acids is 1. The van der Waals surface area contributed by atoms with Crippen LogP contribution in [0.2, 0.25) is 0 Å². The molecule has 0 bridgehead atoms. The average molecular weight is 197 g/mol. The van der Waals surface area contributed by atoms with Crippen LogP contribution in [-0.2, 0) is 0 Å². The molecule has 0 amide bonds. The van der Waals surface area contributed by atoms with Crippen molar-refractivity contribution in [2.45, 2.75) is 19.3 Å². The van der Waals surface area contributed by atoms with E-state index in [2.05, 4.69) is 4.98 Å². The Balaban J connectivity index is 2.29. The number of rotatable bonds is 2. The van der Waals surface area contributed by atoms with Crippen molar-refractivity contribution in [2.75, 3.05) is 0 Å². The summed E-state index contributed by atoms with van der Waals surface area (Å²) in [4.78, 5) is 14.7. The van der Waals surface area contributed by atoms with Crippen LogP contribution in [0, 0.1) is 17.7 Å². The Morgan fingerprint density at radius 2 is 2.14 bits per heavy atom. The summed E-state index contributed by atoms with van der Waals surface area (Å²) in [6, 6.07) is 0.871. The Labute approximate surface area is 80.0 Å². The number of aromatic nitrogens is 1. The van der Waals surface area contributed by atoms with Crippen molar-refractivity contribution >= 4 is 5.78 Å². The lowest BCUT2D eigenvalue weighted by molar-refractivity contribution is 0.0850. The molecular weight excluding hydrogens is 188 g/mol. The number of ketones is 1. The smallest absolute Gasteiger partial charge is 0.213 e. The van der Waals surface area contributed by atoms with E-state index < -0.39 is 11.8 Å². The van der Waals surface area contributed by atoms with Crippen LogP contribution < -0.4 is 0 Å². The fourth-order valence-corrected chi connectivity index (χ4v) is 1.49. The first-order valence-corrected chi connectivity index (χ1v) is 4.54. The van der Waals surface area contributed by atoms with E-state index in [1.165, 1.54) is 0 Å². The van der Waals surface area contributed by atoms with Crippen molar-refractivity contribution in [3.05, 3.63) is 29.6 Å². The number of pyridine rings is 1. The van der Waals surface area contributed by atoms with E-state index in [4.69, 9.17) is 0 Å². The van der Waals surface area contributed by atoms with E-state index in [1.807, 2.05) is 0 Å². The van der Waals surface area contributed by atoms with Gasteiger partial charge in [-0.1, -0.05) is 6.42 Å². The SMILES string of the molecule is O=C(c1cc(F)ncc1F)C1CCC1. The van der Waals surface area contributed by atoms with Gasteiger partial charge in [0, 0.05) is 12.0 Å². The number of hydrogen-bond acceptors (Lipinski definition) is 2. The highest BCUT2D eigenvalue weighted by atomic mass is 19.1. The van der Waals surface area contributed by atoms with Crippen LogP contribution >= 0.6 is 0 Å². The highest BCUT2D eigenvalue weighted by Gasteiger charge is 2.28. The summed E-state index contributed by atoms with van der Waals surface area (Å²) in [5.41, 5.74) is -0.165. The molecule has 1 heterocycles. The highest BCUT2D eigenvalue weighted by molar-refractivity contribution is 5.98. The van der Waals surface area contributed by atoms with Crippen LogP contribution in [0.1, 0.15) is 29.6 Å². The van der Waals surface area contributed by atoms with E-state index >= 15 is 0 Å². The Morgan fingerprint density at radius 1 is 1.43 bits per heavy atom. The van der Waals surface area contributed by atoms with Crippen molar-refractivity contribution in [1.82, 2.24) is 4.98 Å². The summed E-state index contributed by atoms with van der Waals surface area (Å²) in [7, 11) is 0. The normalized spacial score (nSPS) is 16.4. The van der Waals surface area contributed by atoms with Crippen LogP contribution in [0.3, 0.4) is 0 Å². The topological polar surface area (TPSA) is 30.0 Å². The first-order chi connectivity index (χ1) is 6.68. The average Bonchev–Trinajstić information content (AvgIpc) is 2.06. The highest BCUT2D eigenvalue weighted by Crippen LogP contribution is 2.30. The number of Topliss-reactive ketones (excluding diaryl/α,β-unsaturated/α-hetero) is 1. The summed E-state index contributed by atoms with van der Waals surface area (Å²) in [5, 5.41) is 0. The third kappa shape index (κ3) is 1.52. The second kappa shape index (κ2) is 3.44. The molecule has 0 atom stereocenters. The summed E-state index contributed by atoms with van der Waals surface area (Å²) >= 11 is 0. The Kier molecular flexibility index (Phi) is 2.27. The molecule has 2 nitrogen and oxygen atoms in total. The first kappa shape index (κ1) is 9.24. The third-order valence-electron chi connectivity index (χ3n) is 2.56. The van der Waals surface area contributed by atoms with Crippen molar-refractivity contribution in [3.63, 3.8) is 0 Å². The zero-order chi connectivity index (χ0) is 10.1. The van der Waals surface area contributed by atoms with Gasteiger partial charge in [0.25, 0.3) is 0 Å². The summed E-state index contributed by atoms with van der Waals surface area (Å²) in [6.45, 7) is 0. The first-order valence-electron chi connectivity index (χ1n) is 4.54. The summed E-state index contributed by atoms with van der Waals surface area (Å²) in [6.07, 6.45) is 3.30. The molecule has 0 saturated heterocycles. The number of nitrogens with zero attached hydrogens (tertiary/aromatic N) is 1. The van der Waals surface area contributed by atoms with E-state index in [9.17, 15) is 13.6 Å². The minimum atomic E-state index is -0.811. The minimum Gasteiger partial charge on any atom is -0.294 e. The van der Waals surface area contributed by atoms with Crippen molar-refractivity contribution in [3.8, 4) is 0 Å².